The van der Waals surface area contributed by atoms with Gasteiger partial charge in [0.15, 0.2) is 0 Å². The summed E-state index contributed by atoms with van der Waals surface area (Å²) in [6.07, 6.45) is 0. The van der Waals surface area contributed by atoms with Crippen LogP contribution in [0.3, 0.4) is 0 Å². The molecule has 0 spiro atoms. The van der Waals surface area contributed by atoms with Crippen molar-refractivity contribution in [3.63, 3.8) is 0 Å². The van der Waals surface area contributed by atoms with E-state index in [1.807, 2.05) is 43.3 Å². The molecule has 3 aromatic rings. The summed E-state index contributed by atoms with van der Waals surface area (Å²) in [6.45, 7) is 4.49. The van der Waals surface area contributed by atoms with Crippen molar-refractivity contribution in [3.05, 3.63) is 64.4 Å². The molecule has 6 nitrogen and oxygen atoms in total. The largest absolute Gasteiger partial charge is 0.282 e. The highest BCUT2D eigenvalue weighted by Gasteiger charge is 2.28. The number of rotatable bonds is 4. The Morgan fingerprint density at radius 1 is 0.963 bits per heavy atom. The van der Waals surface area contributed by atoms with Gasteiger partial charge in [-0.05, 0) is 31.2 Å². The molecule has 142 valence electrons. The van der Waals surface area contributed by atoms with Gasteiger partial charge in [0.1, 0.15) is 0 Å². The molecule has 1 fully saturated rings. The summed E-state index contributed by atoms with van der Waals surface area (Å²) in [5, 5.41) is 0.739. The molecule has 27 heavy (non-hydrogen) atoms. The maximum absolute atomic E-state index is 12.8. The summed E-state index contributed by atoms with van der Waals surface area (Å²) in [6, 6.07) is 14.5. The Labute approximate surface area is 162 Å². The van der Waals surface area contributed by atoms with E-state index in [2.05, 4.69) is 4.90 Å². The average Bonchev–Trinajstić information content (AvgIpc) is 2.98. The Morgan fingerprint density at radius 2 is 1.63 bits per heavy atom. The van der Waals surface area contributed by atoms with Crippen LogP contribution in [-0.2, 0) is 16.7 Å². The number of hydrogen-bond acceptors (Lipinski definition) is 5. The Morgan fingerprint density at radius 3 is 2.30 bits per heavy atom. The zero-order valence-corrected chi connectivity index (χ0v) is 16.7. The molecule has 1 aliphatic heterocycles. The molecule has 0 unspecified atom stereocenters. The highest BCUT2D eigenvalue weighted by atomic mass is 32.2. The van der Waals surface area contributed by atoms with Crippen molar-refractivity contribution >= 4 is 31.6 Å². The normalized spacial score (nSPS) is 16.8. The highest BCUT2D eigenvalue weighted by Crippen LogP contribution is 2.20. The van der Waals surface area contributed by atoms with E-state index in [0.717, 1.165) is 15.6 Å². The fourth-order valence-corrected chi connectivity index (χ4v) is 5.72. The van der Waals surface area contributed by atoms with Gasteiger partial charge in [-0.25, -0.2) is 12.4 Å². The molecular weight excluding hydrogens is 382 g/mol. The molecular formula is C19H21N3O3S2. The molecule has 0 aliphatic carbocycles. The monoisotopic (exact) mass is 403 g/mol. The van der Waals surface area contributed by atoms with Gasteiger partial charge in [0.2, 0.25) is 10.0 Å². The van der Waals surface area contributed by atoms with Crippen LogP contribution in [0.2, 0.25) is 0 Å². The smallest absolute Gasteiger partial charge is 0.269 e. The van der Waals surface area contributed by atoms with Crippen molar-refractivity contribution in [2.75, 3.05) is 26.2 Å². The molecule has 1 aromatic heterocycles. The standard InChI is InChI=1S/C19H21N3O3S2/c1-15-6-8-16(9-7-15)27(24,25)21-12-10-20(11-13-21)14-22-19(23)17-4-2-3-5-18(17)26-22/h2-9H,10-14H2,1H3. The van der Waals surface area contributed by atoms with Gasteiger partial charge in [-0.3, -0.25) is 9.69 Å². The van der Waals surface area contributed by atoms with Crippen molar-refractivity contribution in [2.24, 2.45) is 0 Å². The molecule has 0 N–H and O–H groups in total. The molecule has 0 bridgehead atoms. The van der Waals surface area contributed by atoms with Crippen LogP contribution in [0.5, 0.6) is 0 Å². The van der Waals surface area contributed by atoms with E-state index in [1.54, 1.807) is 16.1 Å². The van der Waals surface area contributed by atoms with Crippen LogP contribution in [0.4, 0.5) is 0 Å². The highest BCUT2D eigenvalue weighted by molar-refractivity contribution is 7.89. The average molecular weight is 404 g/mol. The fraction of sp³-hybridized carbons (Fsp3) is 0.316. The second-order valence-electron chi connectivity index (χ2n) is 6.75. The van der Waals surface area contributed by atoms with Crippen molar-refractivity contribution < 1.29 is 8.42 Å². The van der Waals surface area contributed by atoms with Gasteiger partial charge in [0.05, 0.1) is 21.7 Å². The molecule has 4 rings (SSSR count). The number of aryl methyl sites for hydroxylation is 1. The van der Waals surface area contributed by atoms with Crippen molar-refractivity contribution in [3.8, 4) is 0 Å². The lowest BCUT2D eigenvalue weighted by atomic mass is 10.2. The Bertz CT molecular complexity index is 1110. The van der Waals surface area contributed by atoms with Gasteiger partial charge in [0, 0.05) is 26.2 Å². The Kier molecular flexibility index (Phi) is 4.90. The van der Waals surface area contributed by atoms with E-state index in [0.29, 0.717) is 37.7 Å². The third-order valence-corrected chi connectivity index (χ3v) is 7.84. The number of aromatic nitrogens is 1. The number of sulfonamides is 1. The summed E-state index contributed by atoms with van der Waals surface area (Å²) in [5.74, 6) is 0. The number of fused-ring (bicyclic) bond motifs is 1. The van der Waals surface area contributed by atoms with Gasteiger partial charge >= 0.3 is 0 Å². The minimum atomic E-state index is -3.46. The summed E-state index contributed by atoms with van der Waals surface area (Å²) < 4.78 is 29.8. The van der Waals surface area contributed by atoms with E-state index in [1.165, 1.54) is 15.8 Å². The lowest BCUT2D eigenvalue weighted by Crippen LogP contribution is -2.49. The zero-order valence-electron chi connectivity index (χ0n) is 15.0. The van der Waals surface area contributed by atoms with Gasteiger partial charge in [-0.1, -0.05) is 41.4 Å². The Hall–Kier alpha value is -2.00. The molecule has 0 amide bonds. The van der Waals surface area contributed by atoms with Crippen LogP contribution >= 0.6 is 11.5 Å². The van der Waals surface area contributed by atoms with E-state index in [9.17, 15) is 13.2 Å². The topological polar surface area (TPSA) is 62.6 Å². The summed E-state index contributed by atoms with van der Waals surface area (Å²) in [5.41, 5.74) is 1.05. The number of hydrogen-bond donors (Lipinski definition) is 0. The molecule has 2 aromatic carbocycles. The Balaban J connectivity index is 1.45. The molecule has 2 heterocycles. The van der Waals surface area contributed by atoms with Crippen molar-refractivity contribution in [1.29, 1.82) is 0 Å². The second kappa shape index (κ2) is 7.20. The molecule has 1 aliphatic rings. The molecule has 0 saturated carbocycles. The third kappa shape index (κ3) is 3.58. The lowest BCUT2D eigenvalue weighted by Gasteiger charge is -2.33. The zero-order chi connectivity index (χ0) is 19.0. The molecule has 0 radical (unpaired) electrons. The predicted molar refractivity (Wildman–Crippen MR) is 108 cm³/mol. The van der Waals surface area contributed by atoms with Crippen LogP contribution < -0.4 is 5.56 Å². The number of nitrogens with zero attached hydrogens (tertiary/aromatic N) is 3. The maximum atomic E-state index is 12.8. The lowest BCUT2D eigenvalue weighted by molar-refractivity contribution is 0.156. The summed E-state index contributed by atoms with van der Waals surface area (Å²) >= 11 is 1.45. The van der Waals surface area contributed by atoms with Crippen molar-refractivity contribution in [2.45, 2.75) is 18.5 Å². The van der Waals surface area contributed by atoms with Crippen LogP contribution in [0, 0.1) is 6.92 Å². The summed E-state index contributed by atoms with van der Waals surface area (Å²) in [7, 11) is -3.46. The first-order valence-corrected chi connectivity index (χ1v) is 11.0. The fourth-order valence-electron chi connectivity index (χ4n) is 3.26. The molecule has 0 atom stereocenters. The SMILES string of the molecule is Cc1ccc(S(=O)(=O)N2CCN(Cn3sc4ccccc4c3=O)CC2)cc1. The second-order valence-corrected chi connectivity index (χ2v) is 9.75. The summed E-state index contributed by atoms with van der Waals surface area (Å²) in [4.78, 5) is 14.9. The number of benzene rings is 2. The van der Waals surface area contributed by atoms with Crippen LogP contribution in [-0.4, -0.2) is 47.8 Å². The van der Waals surface area contributed by atoms with E-state index in [-0.39, 0.29) is 5.56 Å². The van der Waals surface area contributed by atoms with Gasteiger partial charge < -0.3 is 0 Å². The quantitative estimate of drug-likeness (QED) is 0.671. The van der Waals surface area contributed by atoms with E-state index >= 15 is 0 Å². The van der Waals surface area contributed by atoms with E-state index in [4.69, 9.17) is 0 Å². The van der Waals surface area contributed by atoms with Crippen LogP contribution in [0.1, 0.15) is 5.56 Å². The predicted octanol–water partition coefficient (Wildman–Crippen LogP) is 2.34. The maximum Gasteiger partial charge on any atom is 0.269 e. The van der Waals surface area contributed by atoms with Gasteiger partial charge in [0.25, 0.3) is 5.56 Å². The van der Waals surface area contributed by atoms with Gasteiger partial charge in [-0.15, -0.1) is 0 Å². The van der Waals surface area contributed by atoms with Crippen LogP contribution in [0.15, 0.2) is 58.2 Å². The minimum absolute atomic E-state index is 0.0188. The molecule has 8 heteroatoms. The third-order valence-electron chi connectivity index (χ3n) is 4.87. The van der Waals surface area contributed by atoms with E-state index < -0.39 is 10.0 Å². The van der Waals surface area contributed by atoms with Gasteiger partial charge in [-0.2, -0.15) is 4.31 Å². The first-order chi connectivity index (χ1) is 12.9. The first kappa shape index (κ1) is 18.4. The minimum Gasteiger partial charge on any atom is -0.282 e. The molecule has 1 saturated heterocycles. The first-order valence-electron chi connectivity index (χ1n) is 8.83. The number of piperazine rings is 1. The van der Waals surface area contributed by atoms with Crippen molar-refractivity contribution in [1.82, 2.24) is 13.2 Å². The van der Waals surface area contributed by atoms with Crippen LogP contribution in [0.25, 0.3) is 10.1 Å².